The number of nitrogens with one attached hydrogen (secondary N) is 1. The smallest absolute Gasteiger partial charge is 0.422 e. The van der Waals surface area contributed by atoms with E-state index in [-0.39, 0.29) is 17.9 Å². The number of carbonyl (C=O) groups excluding carboxylic acids is 1. The van der Waals surface area contributed by atoms with Gasteiger partial charge in [-0.2, -0.15) is 17.9 Å². The Kier molecular flexibility index (Phi) is 5.05. The summed E-state index contributed by atoms with van der Waals surface area (Å²) in [6, 6.07) is 8.89. The predicted molar refractivity (Wildman–Crippen MR) is 74.6 cm³/mol. The highest BCUT2D eigenvalue weighted by atomic mass is 19.4. The molecule has 1 amide bonds. The highest BCUT2D eigenvalue weighted by Crippen LogP contribution is 2.19. The molecule has 0 radical (unpaired) electrons. The Labute approximate surface area is 129 Å². The molecule has 2 rings (SSSR count). The molecule has 5 nitrogen and oxygen atoms in total. The van der Waals surface area contributed by atoms with Crippen LogP contribution in [0.15, 0.2) is 48.8 Å². The number of hydrogen-bond donors (Lipinski definition) is 1. The fourth-order valence-corrected chi connectivity index (χ4v) is 1.78. The van der Waals surface area contributed by atoms with Crippen LogP contribution < -0.4 is 14.8 Å². The molecule has 0 aliphatic heterocycles. The molecule has 1 N–H and O–H groups in total. The van der Waals surface area contributed by atoms with E-state index >= 15 is 0 Å². The van der Waals surface area contributed by atoms with Crippen LogP contribution in [0.3, 0.4) is 0 Å². The van der Waals surface area contributed by atoms with Gasteiger partial charge in [0.2, 0.25) is 0 Å². The second-order valence-electron chi connectivity index (χ2n) is 4.69. The summed E-state index contributed by atoms with van der Waals surface area (Å²) in [5.74, 6) is -0.400. The topological polar surface area (TPSA) is 65.3 Å². The number of aromatic nitrogens is 1. The molecule has 0 unspecified atom stereocenters. The van der Waals surface area contributed by atoms with Crippen LogP contribution in [-0.2, 0) is 6.54 Å². The average Bonchev–Trinajstić information content (AvgIpc) is 2.50. The summed E-state index contributed by atoms with van der Waals surface area (Å²) < 4.78 is 41.5. The van der Waals surface area contributed by atoms with Crippen LogP contribution in [0.1, 0.15) is 15.9 Å². The SMILES string of the molecule is O=C(NCc1cccc(OCC(F)(F)F)c1)c1ccc[n+]([O-])c1. The van der Waals surface area contributed by atoms with Crippen molar-refractivity contribution in [3.05, 3.63) is 65.1 Å². The molecular formula is C15H13F3N2O3. The molecule has 0 fully saturated rings. The van der Waals surface area contributed by atoms with Crippen LogP contribution >= 0.6 is 0 Å². The van der Waals surface area contributed by atoms with Crippen molar-refractivity contribution in [2.75, 3.05) is 6.61 Å². The molecule has 122 valence electrons. The van der Waals surface area contributed by atoms with Gasteiger partial charge < -0.3 is 15.3 Å². The molecule has 1 heterocycles. The van der Waals surface area contributed by atoms with Crippen molar-refractivity contribution in [3.8, 4) is 5.75 Å². The molecule has 1 aromatic heterocycles. The Hall–Kier alpha value is -2.77. The number of hydrogen-bond acceptors (Lipinski definition) is 3. The van der Waals surface area contributed by atoms with Crippen LogP contribution in [0.5, 0.6) is 5.75 Å². The Morgan fingerprint density at radius 1 is 1.26 bits per heavy atom. The number of halogens is 3. The van der Waals surface area contributed by atoms with E-state index in [0.29, 0.717) is 10.3 Å². The lowest BCUT2D eigenvalue weighted by Gasteiger charge is -2.10. The van der Waals surface area contributed by atoms with Crippen molar-refractivity contribution in [2.45, 2.75) is 12.7 Å². The molecule has 2 aromatic rings. The second-order valence-corrected chi connectivity index (χ2v) is 4.69. The molecule has 0 bridgehead atoms. The standard InChI is InChI=1S/C15H13F3N2O3/c16-15(17,18)10-23-13-5-1-3-11(7-13)8-19-14(21)12-4-2-6-20(22)9-12/h1-7,9H,8,10H2,(H,19,21). The third-order valence-corrected chi connectivity index (χ3v) is 2.79. The van der Waals surface area contributed by atoms with Crippen LogP contribution in [-0.4, -0.2) is 18.7 Å². The van der Waals surface area contributed by atoms with Gasteiger partial charge in [0.15, 0.2) is 19.0 Å². The van der Waals surface area contributed by atoms with Crippen LogP contribution in [0, 0.1) is 5.21 Å². The maximum absolute atomic E-state index is 12.1. The third-order valence-electron chi connectivity index (χ3n) is 2.79. The van der Waals surface area contributed by atoms with E-state index in [9.17, 15) is 23.2 Å². The fraction of sp³-hybridized carbons (Fsp3) is 0.200. The first-order valence-corrected chi connectivity index (χ1v) is 6.59. The average molecular weight is 326 g/mol. The van der Waals surface area contributed by atoms with Gasteiger partial charge in [-0.05, 0) is 23.8 Å². The van der Waals surface area contributed by atoms with Crippen LogP contribution in [0.4, 0.5) is 13.2 Å². The van der Waals surface area contributed by atoms with Crippen molar-refractivity contribution >= 4 is 5.91 Å². The lowest BCUT2D eigenvalue weighted by Crippen LogP contribution is -2.29. The van der Waals surface area contributed by atoms with Crippen molar-refractivity contribution < 1.29 is 27.4 Å². The van der Waals surface area contributed by atoms with Gasteiger partial charge in [-0.1, -0.05) is 12.1 Å². The normalized spacial score (nSPS) is 11.1. The van der Waals surface area contributed by atoms with E-state index in [1.54, 1.807) is 6.07 Å². The first-order valence-electron chi connectivity index (χ1n) is 6.59. The monoisotopic (exact) mass is 326 g/mol. The molecule has 23 heavy (non-hydrogen) atoms. The van der Waals surface area contributed by atoms with Gasteiger partial charge in [-0.3, -0.25) is 4.79 Å². The fourth-order valence-electron chi connectivity index (χ4n) is 1.78. The van der Waals surface area contributed by atoms with Crippen LogP contribution in [0.2, 0.25) is 0 Å². The van der Waals surface area contributed by atoms with Gasteiger partial charge >= 0.3 is 6.18 Å². The minimum absolute atomic E-state index is 0.0613. The highest BCUT2D eigenvalue weighted by Gasteiger charge is 2.28. The number of pyridine rings is 1. The molecule has 1 aromatic carbocycles. The number of rotatable bonds is 5. The Morgan fingerprint density at radius 3 is 2.74 bits per heavy atom. The molecular weight excluding hydrogens is 313 g/mol. The second kappa shape index (κ2) is 6.99. The molecule has 8 heteroatoms. The lowest BCUT2D eigenvalue weighted by atomic mass is 10.2. The summed E-state index contributed by atoms with van der Waals surface area (Å²) in [4.78, 5) is 11.9. The first kappa shape index (κ1) is 16.6. The molecule has 0 aliphatic rings. The Bertz CT molecular complexity index is 690. The van der Waals surface area contributed by atoms with Gasteiger partial charge in [0.25, 0.3) is 5.91 Å². The highest BCUT2D eigenvalue weighted by molar-refractivity contribution is 5.93. The van der Waals surface area contributed by atoms with Crippen molar-refractivity contribution in [3.63, 3.8) is 0 Å². The summed E-state index contributed by atoms with van der Waals surface area (Å²) in [7, 11) is 0. The maximum atomic E-state index is 12.1. The lowest BCUT2D eigenvalue weighted by molar-refractivity contribution is -0.605. The van der Waals surface area contributed by atoms with Gasteiger partial charge in [0.05, 0.1) is 0 Å². The van der Waals surface area contributed by atoms with E-state index in [2.05, 4.69) is 10.1 Å². The number of carbonyl (C=O) groups is 1. The number of alkyl halides is 3. The van der Waals surface area contributed by atoms with Crippen molar-refractivity contribution in [2.24, 2.45) is 0 Å². The summed E-state index contributed by atoms with van der Waals surface area (Å²) in [5.41, 5.74) is 0.760. The molecule has 0 atom stereocenters. The first-order chi connectivity index (χ1) is 10.8. The minimum atomic E-state index is -4.41. The number of benzene rings is 1. The molecule has 0 saturated carbocycles. The van der Waals surface area contributed by atoms with Crippen molar-refractivity contribution in [1.82, 2.24) is 5.32 Å². The predicted octanol–water partition coefficient (Wildman–Crippen LogP) is 2.19. The van der Waals surface area contributed by atoms with E-state index in [0.717, 1.165) is 6.20 Å². The van der Waals surface area contributed by atoms with Gasteiger partial charge in [-0.15, -0.1) is 0 Å². The van der Waals surface area contributed by atoms with Crippen molar-refractivity contribution in [1.29, 1.82) is 0 Å². The zero-order valence-corrected chi connectivity index (χ0v) is 11.8. The zero-order valence-electron chi connectivity index (χ0n) is 11.8. The molecule has 0 saturated heterocycles. The van der Waals surface area contributed by atoms with Gasteiger partial charge in [0, 0.05) is 12.6 Å². The maximum Gasteiger partial charge on any atom is 0.422 e. The largest absolute Gasteiger partial charge is 0.619 e. The summed E-state index contributed by atoms with van der Waals surface area (Å²) >= 11 is 0. The molecule has 0 aliphatic carbocycles. The summed E-state index contributed by atoms with van der Waals surface area (Å²) in [6.45, 7) is -1.29. The quantitative estimate of drug-likeness (QED) is 0.677. The molecule has 0 spiro atoms. The van der Waals surface area contributed by atoms with Crippen LogP contribution in [0.25, 0.3) is 0 Å². The Morgan fingerprint density at radius 2 is 2.04 bits per heavy atom. The van der Waals surface area contributed by atoms with Gasteiger partial charge in [-0.25, -0.2) is 0 Å². The summed E-state index contributed by atoms with van der Waals surface area (Å²) in [6.07, 6.45) is -2.04. The number of nitrogens with zero attached hydrogens (tertiary/aromatic N) is 1. The van der Waals surface area contributed by atoms with E-state index in [4.69, 9.17) is 0 Å². The van der Waals surface area contributed by atoms with E-state index < -0.39 is 18.7 Å². The van der Waals surface area contributed by atoms with E-state index in [1.807, 2.05) is 0 Å². The van der Waals surface area contributed by atoms with Gasteiger partial charge in [0.1, 0.15) is 11.3 Å². The summed E-state index contributed by atoms with van der Waals surface area (Å²) in [5, 5.41) is 13.7. The number of ether oxygens (including phenoxy) is 1. The Balaban J connectivity index is 1.94. The number of amides is 1. The minimum Gasteiger partial charge on any atom is -0.619 e. The zero-order chi connectivity index (χ0) is 16.9. The van der Waals surface area contributed by atoms with E-state index in [1.165, 1.54) is 36.5 Å². The third kappa shape index (κ3) is 5.50.